The van der Waals surface area contributed by atoms with Crippen molar-refractivity contribution in [2.24, 2.45) is 5.92 Å². The number of aliphatic hydroxyl groups is 2. The van der Waals surface area contributed by atoms with Crippen LogP contribution in [0.5, 0.6) is 0 Å². The molecule has 0 fully saturated rings. The lowest BCUT2D eigenvalue weighted by atomic mass is 9.97. The zero-order chi connectivity index (χ0) is 14.3. The molecule has 1 rings (SSSR count). The van der Waals surface area contributed by atoms with Crippen LogP contribution in [0, 0.1) is 5.92 Å². The van der Waals surface area contributed by atoms with E-state index < -0.39 is 18.2 Å². The number of esters is 1. The third-order valence-electron chi connectivity index (χ3n) is 3.44. The molecule has 1 aliphatic rings. The van der Waals surface area contributed by atoms with Crippen LogP contribution in [-0.4, -0.2) is 42.1 Å². The summed E-state index contributed by atoms with van der Waals surface area (Å²) in [6, 6.07) is 0. The summed E-state index contributed by atoms with van der Waals surface area (Å²) in [6.07, 6.45) is 3.46. The van der Waals surface area contributed by atoms with Gasteiger partial charge in [0.05, 0.1) is 38.1 Å². The third-order valence-corrected chi connectivity index (χ3v) is 3.44. The predicted molar refractivity (Wildman–Crippen MR) is 70.3 cm³/mol. The highest BCUT2D eigenvalue weighted by molar-refractivity contribution is 5.69. The molecule has 0 amide bonds. The molecule has 0 saturated carbocycles. The molecule has 0 spiro atoms. The Labute approximate surface area is 114 Å². The van der Waals surface area contributed by atoms with Gasteiger partial charge in [0.25, 0.3) is 0 Å². The number of allylic oxidation sites excluding steroid dienone is 1. The molecule has 1 unspecified atom stereocenters. The van der Waals surface area contributed by atoms with Crippen molar-refractivity contribution in [2.45, 2.75) is 51.2 Å². The Bertz CT molecular complexity index is 313. The fourth-order valence-electron chi connectivity index (χ4n) is 2.09. The van der Waals surface area contributed by atoms with E-state index in [0.29, 0.717) is 25.9 Å². The molecule has 0 aromatic rings. The van der Waals surface area contributed by atoms with Crippen LogP contribution < -0.4 is 0 Å². The van der Waals surface area contributed by atoms with Gasteiger partial charge in [0.2, 0.25) is 0 Å². The van der Waals surface area contributed by atoms with Gasteiger partial charge < -0.3 is 19.7 Å². The van der Waals surface area contributed by atoms with E-state index >= 15 is 0 Å². The molecule has 0 radical (unpaired) electrons. The molecule has 0 bridgehead atoms. The van der Waals surface area contributed by atoms with Crippen molar-refractivity contribution in [3.63, 3.8) is 0 Å². The summed E-state index contributed by atoms with van der Waals surface area (Å²) in [4.78, 5) is 10.9. The maximum absolute atomic E-state index is 10.9. The van der Waals surface area contributed by atoms with Crippen LogP contribution >= 0.6 is 0 Å². The third kappa shape index (κ3) is 5.61. The van der Waals surface area contributed by atoms with Gasteiger partial charge in [-0.25, -0.2) is 0 Å². The molecule has 110 valence electrons. The van der Waals surface area contributed by atoms with E-state index in [4.69, 9.17) is 4.74 Å². The molecule has 0 aliphatic carbocycles. The second-order valence-corrected chi connectivity index (χ2v) is 4.93. The first-order valence-corrected chi connectivity index (χ1v) is 6.83. The van der Waals surface area contributed by atoms with Gasteiger partial charge in [-0.3, -0.25) is 4.79 Å². The average Bonchev–Trinajstić information content (AvgIpc) is 2.38. The molecular formula is C14H24O5. The number of ether oxygens (including phenoxy) is 2. The van der Waals surface area contributed by atoms with Crippen molar-refractivity contribution in [2.75, 3.05) is 13.7 Å². The summed E-state index contributed by atoms with van der Waals surface area (Å²) in [6.45, 7) is 2.58. The van der Waals surface area contributed by atoms with Crippen molar-refractivity contribution in [1.82, 2.24) is 0 Å². The second-order valence-electron chi connectivity index (χ2n) is 4.93. The van der Waals surface area contributed by atoms with Gasteiger partial charge in [-0.2, -0.15) is 0 Å². The Morgan fingerprint density at radius 1 is 1.63 bits per heavy atom. The van der Waals surface area contributed by atoms with E-state index in [1.807, 2.05) is 6.92 Å². The molecular weight excluding hydrogens is 248 g/mol. The molecule has 0 aromatic carbocycles. The number of methoxy groups -OCH3 is 1. The molecule has 1 aliphatic heterocycles. The van der Waals surface area contributed by atoms with Crippen LogP contribution in [0.4, 0.5) is 0 Å². The average molecular weight is 272 g/mol. The molecule has 5 heteroatoms. The SMILES string of the molecule is CC[C@@H]1COC(CCC[C@H](O)CC(=O)OC)=CC1O. The zero-order valence-electron chi connectivity index (χ0n) is 11.7. The van der Waals surface area contributed by atoms with E-state index in [2.05, 4.69) is 4.74 Å². The van der Waals surface area contributed by atoms with Crippen molar-refractivity contribution in [1.29, 1.82) is 0 Å². The van der Waals surface area contributed by atoms with Crippen LogP contribution in [0.3, 0.4) is 0 Å². The lowest BCUT2D eigenvalue weighted by molar-refractivity contribution is -0.142. The Morgan fingerprint density at radius 3 is 2.95 bits per heavy atom. The Balaban J connectivity index is 2.24. The summed E-state index contributed by atoms with van der Waals surface area (Å²) >= 11 is 0. The highest BCUT2D eigenvalue weighted by Gasteiger charge is 2.22. The first kappa shape index (κ1) is 16.0. The minimum atomic E-state index is -0.676. The molecule has 0 saturated heterocycles. The summed E-state index contributed by atoms with van der Waals surface area (Å²) in [5, 5.41) is 19.4. The first-order chi connectivity index (χ1) is 9.06. The number of carbonyl (C=O) groups is 1. The lowest BCUT2D eigenvalue weighted by Gasteiger charge is -2.26. The molecule has 5 nitrogen and oxygen atoms in total. The van der Waals surface area contributed by atoms with E-state index in [1.54, 1.807) is 6.08 Å². The summed E-state index contributed by atoms with van der Waals surface area (Å²) in [7, 11) is 1.31. The summed E-state index contributed by atoms with van der Waals surface area (Å²) in [5.74, 6) is 0.554. The fraction of sp³-hybridized carbons (Fsp3) is 0.786. The molecule has 19 heavy (non-hydrogen) atoms. The maximum Gasteiger partial charge on any atom is 0.308 e. The quantitative estimate of drug-likeness (QED) is 0.685. The molecule has 2 N–H and O–H groups in total. The first-order valence-electron chi connectivity index (χ1n) is 6.83. The number of hydrogen-bond donors (Lipinski definition) is 2. The molecule has 1 heterocycles. The summed E-state index contributed by atoms with van der Waals surface area (Å²) in [5.41, 5.74) is 0. The highest BCUT2D eigenvalue weighted by Crippen LogP contribution is 2.23. The monoisotopic (exact) mass is 272 g/mol. The van der Waals surface area contributed by atoms with E-state index in [-0.39, 0.29) is 12.3 Å². The van der Waals surface area contributed by atoms with Crippen LogP contribution in [0.15, 0.2) is 11.8 Å². The van der Waals surface area contributed by atoms with Gasteiger partial charge in [-0.05, 0) is 25.3 Å². The minimum absolute atomic E-state index is 0.0247. The molecule has 0 aromatic heterocycles. The minimum Gasteiger partial charge on any atom is -0.498 e. The van der Waals surface area contributed by atoms with E-state index in [0.717, 1.165) is 12.2 Å². The largest absolute Gasteiger partial charge is 0.498 e. The zero-order valence-corrected chi connectivity index (χ0v) is 11.7. The Hall–Kier alpha value is -1.07. The Kier molecular flexibility index (Phi) is 6.87. The van der Waals surface area contributed by atoms with Crippen molar-refractivity contribution >= 4 is 5.97 Å². The second kappa shape index (κ2) is 8.17. The van der Waals surface area contributed by atoms with Gasteiger partial charge in [-0.1, -0.05) is 6.92 Å². The standard InChI is InChI=1S/C14H24O5/c1-3-10-9-19-12(8-13(10)16)6-4-5-11(15)7-14(17)18-2/h8,10-11,13,15-16H,3-7,9H2,1-2H3/t10-,11+,13?/m1/s1. The van der Waals surface area contributed by atoms with E-state index in [9.17, 15) is 15.0 Å². The van der Waals surface area contributed by atoms with E-state index in [1.165, 1.54) is 7.11 Å². The van der Waals surface area contributed by atoms with Crippen LogP contribution in [-0.2, 0) is 14.3 Å². The highest BCUT2D eigenvalue weighted by atomic mass is 16.5. The predicted octanol–water partition coefficient (Wildman–Crippen LogP) is 1.38. The van der Waals surface area contributed by atoms with Gasteiger partial charge >= 0.3 is 5.97 Å². The summed E-state index contributed by atoms with van der Waals surface area (Å²) < 4.78 is 10.1. The van der Waals surface area contributed by atoms with Gasteiger partial charge in [0.15, 0.2) is 0 Å². The van der Waals surface area contributed by atoms with Gasteiger partial charge in [0.1, 0.15) is 0 Å². The topological polar surface area (TPSA) is 76.0 Å². The molecule has 3 atom stereocenters. The lowest BCUT2D eigenvalue weighted by Crippen LogP contribution is -2.27. The fourth-order valence-corrected chi connectivity index (χ4v) is 2.09. The van der Waals surface area contributed by atoms with Gasteiger partial charge in [-0.15, -0.1) is 0 Å². The van der Waals surface area contributed by atoms with Gasteiger partial charge in [0, 0.05) is 12.3 Å². The number of carbonyl (C=O) groups excluding carboxylic acids is 1. The van der Waals surface area contributed by atoms with Crippen LogP contribution in [0.2, 0.25) is 0 Å². The normalized spacial score (nSPS) is 24.3. The smallest absolute Gasteiger partial charge is 0.308 e. The number of rotatable bonds is 7. The number of aliphatic hydroxyl groups excluding tert-OH is 2. The van der Waals surface area contributed by atoms with Crippen molar-refractivity contribution in [3.05, 3.63) is 11.8 Å². The van der Waals surface area contributed by atoms with Crippen molar-refractivity contribution in [3.8, 4) is 0 Å². The van der Waals surface area contributed by atoms with Crippen LogP contribution in [0.25, 0.3) is 0 Å². The maximum atomic E-state index is 10.9. The Morgan fingerprint density at radius 2 is 2.37 bits per heavy atom. The van der Waals surface area contributed by atoms with Crippen molar-refractivity contribution < 1.29 is 24.5 Å². The number of hydrogen-bond acceptors (Lipinski definition) is 5. The van der Waals surface area contributed by atoms with Crippen LogP contribution in [0.1, 0.15) is 39.0 Å².